The van der Waals surface area contributed by atoms with Crippen molar-refractivity contribution in [2.75, 3.05) is 13.1 Å². The number of nitrogens with one attached hydrogen (secondary N) is 1. The summed E-state index contributed by atoms with van der Waals surface area (Å²) in [5, 5.41) is 7.57. The van der Waals surface area contributed by atoms with Crippen molar-refractivity contribution in [3.05, 3.63) is 17.0 Å². The number of piperazine rings is 1. The average Bonchev–Trinajstić information content (AvgIpc) is 3.11. The minimum atomic E-state index is 0.0477. The number of likely N-dealkylation sites (tertiary alicyclic amines) is 1. The third-order valence-electron chi connectivity index (χ3n) is 4.61. The molecule has 0 aromatic carbocycles. The summed E-state index contributed by atoms with van der Waals surface area (Å²) in [7, 11) is 0. The van der Waals surface area contributed by atoms with Crippen LogP contribution < -0.4 is 5.32 Å². The average molecular weight is 261 g/mol. The Balaban J connectivity index is 1.56. The van der Waals surface area contributed by atoms with Gasteiger partial charge in [0.05, 0.1) is 0 Å². The molecule has 1 aromatic rings. The third-order valence-corrected chi connectivity index (χ3v) is 4.61. The molecule has 0 unspecified atom stereocenters. The molecule has 0 spiro atoms. The minimum Gasteiger partial charge on any atom is -0.360 e. The van der Waals surface area contributed by atoms with Gasteiger partial charge in [0.15, 0.2) is 5.69 Å². The fourth-order valence-corrected chi connectivity index (χ4v) is 3.39. The first-order valence-electron chi connectivity index (χ1n) is 7.24. The SMILES string of the molecule is Cc1c(C(=O)N2C[C@H]3CC[C@@H](C2)N3)noc1C1CC1. The van der Waals surface area contributed by atoms with Crippen molar-refractivity contribution in [2.24, 2.45) is 0 Å². The number of amides is 1. The van der Waals surface area contributed by atoms with E-state index >= 15 is 0 Å². The summed E-state index contributed by atoms with van der Waals surface area (Å²) in [6.07, 6.45) is 4.70. The van der Waals surface area contributed by atoms with E-state index in [4.69, 9.17) is 4.52 Å². The number of hydrogen-bond acceptors (Lipinski definition) is 4. The van der Waals surface area contributed by atoms with E-state index in [0.29, 0.717) is 23.7 Å². The van der Waals surface area contributed by atoms with Gasteiger partial charge < -0.3 is 14.7 Å². The van der Waals surface area contributed by atoms with Gasteiger partial charge >= 0.3 is 0 Å². The molecule has 2 saturated heterocycles. The lowest BCUT2D eigenvalue weighted by atomic mass is 10.1. The highest BCUT2D eigenvalue weighted by molar-refractivity contribution is 5.94. The van der Waals surface area contributed by atoms with Crippen molar-refractivity contribution in [3.8, 4) is 0 Å². The number of hydrogen-bond donors (Lipinski definition) is 1. The molecule has 2 aliphatic heterocycles. The second kappa shape index (κ2) is 4.07. The molecule has 5 heteroatoms. The predicted molar refractivity (Wildman–Crippen MR) is 69.1 cm³/mol. The van der Waals surface area contributed by atoms with Gasteiger partial charge in [0.25, 0.3) is 5.91 Å². The number of rotatable bonds is 2. The van der Waals surface area contributed by atoms with Gasteiger partial charge in [0.2, 0.25) is 0 Å². The van der Waals surface area contributed by atoms with Gasteiger partial charge in [-0.25, -0.2) is 0 Å². The molecule has 19 heavy (non-hydrogen) atoms. The van der Waals surface area contributed by atoms with Crippen LogP contribution in [0.4, 0.5) is 0 Å². The summed E-state index contributed by atoms with van der Waals surface area (Å²) in [6, 6.07) is 0.940. The summed E-state index contributed by atoms with van der Waals surface area (Å²) in [6.45, 7) is 3.58. The van der Waals surface area contributed by atoms with Crippen molar-refractivity contribution < 1.29 is 9.32 Å². The maximum absolute atomic E-state index is 12.6. The second-order valence-electron chi connectivity index (χ2n) is 6.14. The topological polar surface area (TPSA) is 58.4 Å². The standard InChI is InChI=1S/C14H19N3O2/c1-8-12(16-19-13(8)9-2-3-9)14(18)17-6-10-4-5-11(7-17)15-10/h9-11,15H,2-7H2,1H3/t10-,11+. The number of fused-ring (bicyclic) bond motifs is 2. The van der Waals surface area contributed by atoms with Crippen LogP contribution in [0.5, 0.6) is 0 Å². The van der Waals surface area contributed by atoms with E-state index in [0.717, 1.165) is 24.4 Å². The van der Waals surface area contributed by atoms with Crippen LogP contribution in [0.3, 0.4) is 0 Å². The van der Waals surface area contributed by atoms with Gasteiger partial charge in [-0.15, -0.1) is 0 Å². The van der Waals surface area contributed by atoms with E-state index in [2.05, 4.69) is 10.5 Å². The molecule has 1 amide bonds. The van der Waals surface area contributed by atoms with Crippen molar-refractivity contribution >= 4 is 5.91 Å². The van der Waals surface area contributed by atoms with Crippen LogP contribution >= 0.6 is 0 Å². The highest BCUT2D eigenvalue weighted by Crippen LogP contribution is 2.42. The van der Waals surface area contributed by atoms with Gasteiger partial charge in [-0.05, 0) is 32.6 Å². The Morgan fingerprint density at radius 2 is 1.95 bits per heavy atom. The van der Waals surface area contributed by atoms with Crippen LogP contribution in [0.15, 0.2) is 4.52 Å². The molecule has 1 N–H and O–H groups in total. The lowest BCUT2D eigenvalue weighted by Crippen LogP contribution is -2.53. The van der Waals surface area contributed by atoms with Crippen molar-refractivity contribution in [2.45, 2.75) is 50.6 Å². The molecule has 1 aliphatic carbocycles. The lowest BCUT2D eigenvalue weighted by Gasteiger charge is -2.32. The Labute approximate surface area is 112 Å². The Bertz CT molecular complexity index is 509. The largest absolute Gasteiger partial charge is 0.360 e. The fourth-order valence-electron chi connectivity index (χ4n) is 3.39. The molecule has 2 atom stereocenters. The zero-order valence-corrected chi connectivity index (χ0v) is 11.2. The van der Waals surface area contributed by atoms with Gasteiger partial charge in [-0.1, -0.05) is 5.16 Å². The smallest absolute Gasteiger partial charge is 0.276 e. The minimum absolute atomic E-state index is 0.0477. The summed E-state index contributed by atoms with van der Waals surface area (Å²) in [5.74, 6) is 1.49. The Morgan fingerprint density at radius 3 is 2.58 bits per heavy atom. The molecule has 2 bridgehead atoms. The second-order valence-corrected chi connectivity index (χ2v) is 6.14. The number of carbonyl (C=O) groups is 1. The van der Waals surface area contributed by atoms with Crippen LogP contribution in [0, 0.1) is 6.92 Å². The zero-order chi connectivity index (χ0) is 13.0. The van der Waals surface area contributed by atoms with Gasteiger partial charge in [0.1, 0.15) is 5.76 Å². The third kappa shape index (κ3) is 1.87. The van der Waals surface area contributed by atoms with E-state index < -0.39 is 0 Å². The molecule has 3 fully saturated rings. The van der Waals surface area contributed by atoms with Crippen LogP contribution in [0.1, 0.15) is 53.4 Å². The predicted octanol–water partition coefficient (Wildman–Crippen LogP) is 1.44. The summed E-state index contributed by atoms with van der Waals surface area (Å²) < 4.78 is 5.39. The molecule has 4 rings (SSSR count). The zero-order valence-electron chi connectivity index (χ0n) is 11.2. The molecule has 102 valence electrons. The Morgan fingerprint density at radius 1 is 1.26 bits per heavy atom. The first-order chi connectivity index (χ1) is 9.22. The summed E-state index contributed by atoms with van der Waals surface area (Å²) >= 11 is 0. The first-order valence-corrected chi connectivity index (χ1v) is 7.24. The maximum atomic E-state index is 12.6. The summed E-state index contributed by atoms with van der Waals surface area (Å²) in [4.78, 5) is 14.5. The molecule has 5 nitrogen and oxygen atoms in total. The van der Waals surface area contributed by atoms with E-state index in [1.165, 1.54) is 25.7 Å². The molecule has 1 saturated carbocycles. The van der Waals surface area contributed by atoms with Crippen LogP contribution in [0.25, 0.3) is 0 Å². The van der Waals surface area contributed by atoms with E-state index in [1.807, 2.05) is 11.8 Å². The molecule has 3 aliphatic rings. The molecule has 3 heterocycles. The van der Waals surface area contributed by atoms with E-state index in [-0.39, 0.29) is 5.91 Å². The van der Waals surface area contributed by atoms with E-state index in [1.54, 1.807) is 0 Å². The van der Waals surface area contributed by atoms with Crippen LogP contribution in [0.2, 0.25) is 0 Å². The normalized spacial score (nSPS) is 29.8. The Hall–Kier alpha value is -1.36. The number of carbonyl (C=O) groups excluding carboxylic acids is 1. The summed E-state index contributed by atoms with van der Waals surface area (Å²) in [5.41, 5.74) is 1.49. The molecular formula is C14H19N3O2. The van der Waals surface area contributed by atoms with Crippen LogP contribution in [-0.4, -0.2) is 41.1 Å². The van der Waals surface area contributed by atoms with Gasteiger partial charge in [0, 0.05) is 36.7 Å². The molecular weight excluding hydrogens is 242 g/mol. The van der Waals surface area contributed by atoms with Gasteiger partial charge in [-0.2, -0.15) is 0 Å². The van der Waals surface area contributed by atoms with Crippen molar-refractivity contribution in [3.63, 3.8) is 0 Å². The van der Waals surface area contributed by atoms with Crippen molar-refractivity contribution in [1.82, 2.24) is 15.4 Å². The fraction of sp³-hybridized carbons (Fsp3) is 0.714. The Kier molecular flexibility index (Phi) is 2.45. The number of nitrogens with zero attached hydrogens (tertiary/aromatic N) is 2. The molecule has 1 aromatic heterocycles. The highest BCUT2D eigenvalue weighted by Gasteiger charge is 2.37. The lowest BCUT2D eigenvalue weighted by molar-refractivity contribution is 0.0686. The van der Waals surface area contributed by atoms with Crippen LogP contribution in [-0.2, 0) is 0 Å². The first kappa shape index (κ1) is 11.5. The number of aromatic nitrogens is 1. The van der Waals surface area contributed by atoms with Gasteiger partial charge in [-0.3, -0.25) is 4.79 Å². The highest BCUT2D eigenvalue weighted by atomic mass is 16.5. The van der Waals surface area contributed by atoms with Crippen molar-refractivity contribution in [1.29, 1.82) is 0 Å². The molecule has 0 radical (unpaired) electrons. The van der Waals surface area contributed by atoms with E-state index in [9.17, 15) is 4.79 Å². The maximum Gasteiger partial charge on any atom is 0.276 e. The monoisotopic (exact) mass is 261 g/mol. The quantitative estimate of drug-likeness (QED) is 0.875.